The molecule has 0 aliphatic carbocycles. The van der Waals surface area contributed by atoms with Crippen LogP contribution in [-0.4, -0.2) is 15.5 Å². The summed E-state index contributed by atoms with van der Waals surface area (Å²) in [6.07, 6.45) is -3.74. The molecule has 0 unspecified atom stereocenters. The standard InChI is InChI=1S/C11H8BrF3N2O/c12-6-5-7-1-3-8(4-2-7)9-16-10(17-18-9)11(13,14)15/h1-4H,5-6H2. The van der Waals surface area contributed by atoms with Crippen molar-refractivity contribution < 1.29 is 17.7 Å². The van der Waals surface area contributed by atoms with Crippen LogP contribution in [0.15, 0.2) is 28.8 Å². The fourth-order valence-corrected chi connectivity index (χ4v) is 1.84. The lowest BCUT2D eigenvalue weighted by atomic mass is 10.1. The van der Waals surface area contributed by atoms with Crippen molar-refractivity contribution in [1.29, 1.82) is 0 Å². The predicted octanol–water partition coefficient (Wildman–Crippen LogP) is 3.69. The smallest absolute Gasteiger partial charge is 0.334 e. The minimum absolute atomic E-state index is 0.132. The molecule has 96 valence electrons. The number of halogens is 4. The van der Waals surface area contributed by atoms with E-state index in [9.17, 15) is 13.2 Å². The number of aryl methyl sites for hydroxylation is 1. The van der Waals surface area contributed by atoms with Gasteiger partial charge in [-0.2, -0.15) is 18.2 Å². The van der Waals surface area contributed by atoms with Gasteiger partial charge in [0, 0.05) is 10.9 Å². The molecular weight excluding hydrogens is 313 g/mol. The molecule has 0 aliphatic heterocycles. The van der Waals surface area contributed by atoms with E-state index in [4.69, 9.17) is 0 Å². The Balaban J connectivity index is 2.23. The third-order valence-corrected chi connectivity index (χ3v) is 2.66. The van der Waals surface area contributed by atoms with E-state index in [1.165, 1.54) is 0 Å². The molecule has 0 spiro atoms. The highest BCUT2D eigenvalue weighted by atomic mass is 79.9. The Kier molecular flexibility index (Phi) is 3.70. The Morgan fingerprint density at radius 3 is 2.33 bits per heavy atom. The lowest BCUT2D eigenvalue weighted by Gasteiger charge is -1.99. The number of aromatic nitrogens is 2. The lowest BCUT2D eigenvalue weighted by molar-refractivity contribution is -0.146. The van der Waals surface area contributed by atoms with Crippen LogP contribution in [0.2, 0.25) is 0 Å². The number of benzene rings is 1. The van der Waals surface area contributed by atoms with Crippen molar-refractivity contribution in [2.24, 2.45) is 0 Å². The van der Waals surface area contributed by atoms with E-state index in [2.05, 4.69) is 30.6 Å². The summed E-state index contributed by atoms with van der Waals surface area (Å²) in [7, 11) is 0. The number of nitrogens with zero attached hydrogens (tertiary/aromatic N) is 2. The average Bonchev–Trinajstić information content (AvgIpc) is 2.79. The molecule has 1 aromatic carbocycles. The second-order valence-electron chi connectivity index (χ2n) is 3.56. The maximum Gasteiger partial charge on any atom is 0.455 e. The van der Waals surface area contributed by atoms with Crippen LogP contribution in [-0.2, 0) is 12.6 Å². The predicted molar refractivity (Wildman–Crippen MR) is 62.2 cm³/mol. The molecule has 3 nitrogen and oxygen atoms in total. The van der Waals surface area contributed by atoms with Gasteiger partial charge in [0.15, 0.2) is 0 Å². The molecule has 0 saturated heterocycles. The van der Waals surface area contributed by atoms with E-state index in [1.54, 1.807) is 12.1 Å². The van der Waals surface area contributed by atoms with Crippen molar-refractivity contribution in [3.63, 3.8) is 0 Å². The van der Waals surface area contributed by atoms with Crippen LogP contribution >= 0.6 is 15.9 Å². The molecule has 18 heavy (non-hydrogen) atoms. The molecule has 0 bridgehead atoms. The van der Waals surface area contributed by atoms with Crippen LogP contribution < -0.4 is 0 Å². The van der Waals surface area contributed by atoms with Gasteiger partial charge in [0.25, 0.3) is 11.7 Å². The zero-order valence-corrected chi connectivity index (χ0v) is 10.6. The molecule has 0 fully saturated rings. The minimum Gasteiger partial charge on any atom is -0.334 e. The topological polar surface area (TPSA) is 38.9 Å². The molecule has 2 rings (SSSR count). The second-order valence-corrected chi connectivity index (χ2v) is 4.35. The van der Waals surface area contributed by atoms with E-state index >= 15 is 0 Å². The van der Waals surface area contributed by atoms with E-state index in [0.717, 1.165) is 17.3 Å². The third kappa shape index (κ3) is 2.90. The van der Waals surface area contributed by atoms with Gasteiger partial charge in [-0.1, -0.05) is 33.2 Å². The van der Waals surface area contributed by atoms with Crippen molar-refractivity contribution in [3.8, 4) is 11.5 Å². The summed E-state index contributed by atoms with van der Waals surface area (Å²) in [5, 5.41) is 3.73. The zero-order valence-electron chi connectivity index (χ0n) is 9.04. The van der Waals surface area contributed by atoms with Crippen LogP contribution in [0.25, 0.3) is 11.5 Å². The Morgan fingerprint density at radius 1 is 1.17 bits per heavy atom. The molecule has 7 heteroatoms. The van der Waals surface area contributed by atoms with Crippen molar-refractivity contribution in [2.45, 2.75) is 12.6 Å². The third-order valence-electron chi connectivity index (χ3n) is 2.26. The van der Waals surface area contributed by atoms with Gasteiger partial charge < -0.3 is 4.52 Å². The maximum absolute atomic E-state index is 12.3. The summed E-state index contributed by atoms with van der Waals surface area (Å²) < 4.78 is 41.5. The first kappa shape index (κ1) is 13.1. The van der Waals surface area contributed by atoms with Gasteiger partial charge in [0.05, 0.1) is 0 Å². The van der Waals surface area contributed by atoms with E-state index in [-0.39, 0.29) is 5.89 Å². The largest absolute Gasteiger partial charge is 0.455 e. The van der Waals surface area contributed by atoms with E-state index in [0.29, 0.717) is 5.56 Å². The van der Waals surface area contributed by atoms with E-state index in [1.807, 2.05) is 12.1 Å². The van der Waals surface area contributed by atoms with Crippen LogP contribution in [0.1, 0.15) is 11.4 Å². The first-order valence-electron chi connectivity index (χ1n) is 5.07. The quantitative estimate of drug-likeness (QED) is 0.809. The molecule has 0 atom stereocenters. The summed E-state index contributed by atoms with van der Waals surface area (Å²) in [5.41, 5.74) is 1.54. The second kappa shape index (κ2) is 5.09. The molecule has 2 aromatic rings. The fraction of sp³-hybridized carbons (Fsp3) is 0.273. The van der Waals surface area contributed by atoms with Gasteiger partial charge >= 0.3 is 6.18 Å². The molecular formula is C11H8BrF3N2O. The van der Waals surface area contributed by atoms with Gasteiger partial charge in [-0.05, 0) is 24.1 Å². The van der Waals surface area contributed by atoms with Crippen LogP contribution in [0, 0.1) is 0 Å². The Bertz CT molecular complexity index is 522. The first-order chi connectivity index (χ1) is 8.50. The van der Waals surface area contributed by atoms with Crippen LogP contribution in [0.4, 0.5) is 13.2 Å². The van der Waals surface area contributed by atoms with Crippen molar-refractivity contribution >= 4 is 15.9 Å². The Hall–Kier alpha value is -1.37. The van der Waals surface area contributed by atoms with Gasteiger partial charge in [-0.3, -0.25) is 0 Å². The molecule has 0 amide bonds. The number of hydrogen-bond acceptors (Lipinski definition) is 3. The minimum atomic E-state index is -4.59. The lowest BCUT2D eigenvalue weighted by Crippen LogP contribution is -2.07. The molecule has 0 N–H and O–H groups in total. The van der Waals surface area contributed by atoms with Crippen LogP contribution in [0.5, 0.6) is 0 Å². The monoisotopic (exact) mass is 320 g/mol. The fourth-order valence-electron chi connectivity index (χ4n) is 1.38. The molecule has 0 radical (unpaired) electrons. The summed E-state index contributed by atoms with van der Waals surface area (Å²) in [6, 6.07) is 6.94. The van der Waals surface area contributed by atoms with Crippen LogP contribution in [0.3, 0.4) is 0 Å². The summed E-state index contributed by atoms with van der Waals surface area (Å²) in [4.78, 5) is 3.32. The van der Waals surface area contributed by atoms with Crippen molar-refractivity contribution in [1.82, 2.24) is 10.1 Å². The van der Waals surface area contributed by atoms with Crippen molar-refractivity contribution in [2.75, 3.05) is 5.33 Å². The summed E-state index contributed by atoms with van der Waals surface area (Å²) in [5.74, 6) is -1.39. The SMILES string of the molecule is FC(F)(F)c1noc(-c2ccc(CCBr)cc2)n1. The molecule has 0 aliphatic rings. The van der Waals surface area contributed by atoms with Gasteiger partial charge in [0.2, 0.25) is 0 Å². The molecule has 1 heterocycles. The first-order valence-corrected chi connectivity index (χ1v) is 6.19. The molecule has 0 saturated carbocycles. The highest BCUT2D eigenvalue weighted by molar-refractivity contribution is 9.09. The van der Waals surface area contributed by atoms with Crippen molar-refractivity contribution in [3.05, 3.63) is 35.7 Å². The number of hydrogen-bond donors (Lipinski definition) is 0. The summed E-state index contributed by atoms with van der Waals surface area (Å²) >= 11 is 3.31. The highest BCUT2D eigenvalue weighted by Gasteiger charge is 2.37. The van der Waals surface area contributed by atoms with Gasteiger partial charge in [-0.25, -0.2) is 0 Å². The van der Waals surface area contributed by atoms with E-state index < -0.39 is 12.0 Å². The zero-order chi connectivity index (χ0) is 13.2. The number of alkyl halides is 4. The van der Waals surface area contributed by atoms with Gasteiger partial charge in [0.1, 0.15) is 0 Å². The highest BCUT2D eigenvalue weighted by Crippen LogP contribution is 2.28. The number of rotatable bonds is 3. The summed E-state index contributed by atoms with van der Waals surface area (Å²) in [6.45, 7) is 0. The normalized spacial score (nSPS) is 11.8. The Labute approximate surface area is 109 Å². The molecule has 1 aromatic heterocycles. The maximum atomic E-state index is 12.3. The Morgan fingerprint density at radius 2 is 1.83 bits per heavy atom. The van der Waals surface area contributed by atoms with Gasteiger partial charge in [-0.15, -0.1) is 0 Å². The average molecular weight is 321 g/mol.